The molecule has 1 nitrogen and oxygen atoms in total. The number of fused-ring (bicyclic) bond motifs is 1. The number of benzene rings is 1. The van der Waals surface area contributed by atoms with Gasteiger partial charge in [-0.25, -0.2) is 12.2 Å². The van der Waals surface area contributed by atoms with E-state index in [1.165, 1.54) is 16.5 Å². The summed E-state index contributed by atoms with van der Waals surface area (Å²) >= 11 is -0.826. The standard InChI is InChI=1S/C13H10N.C7H9.2ClH.Zr/c1-2-6-12-10-13(9-11(12)5-1)14-7-3-4-8-14;1-7(2)5-3-4-6-7;;;/h1-10H;3-5H,1-2H3;2*1H;/q2*-1;;;+4/p-2. The van der Waals surface area contributed by atoms with Gasteiger partial charge in [0.05, 0.1) is 0 Å². The third-order valence-corrected chi connectivity index (χ3v) is 3.57. The Morgan fingerprint density at radius 1 is 1.08 bits per heavy atom. The van der Waals surface area contributed by atoms with Gasteiger partial charge < -0.3 is 4.57 Å². The topological polar surface area (TPSA) is 4.93 Å². The van der Waals surface area contributed by atoms with E-state index >= 15 is 0 Å². The summed E-state index contributed by atoms with van der Waals surface area (Å²) in [6.07, 6.45) is 13.4. The van der Waals surface area contributed by atoms with Crippen molar-refractivity contribution >= 4 is 27.8 Å². The Bertz CT molecular complexity index is 751. The van der Waals surface area contributed by atoms with Crippen molar-refractivity contribution in [2.24, 2.45) is 5.41 Å². The Balaban J connectivity index is 0.000000176. The van der Waals surface area contributed by atoms with Crippen LogP contribution in [0.25, 0.3) is 16.5 Å². The predicted molar refractivity (Wildman–Crippen MR) is 101 cm³/mol. The third-order valence-electron chi connectivity index (χ3n) is 3.57. The molecule has 0 atom stereocenters. The van der Waals surface area contributed by atoms with Gasteiger partial charge in [-0.15, -0.1) is 41.1 Å². The first-order chi connectivity index (χ1) is 11.6. The summed E-state index contributed by atoms with van der Waals surface area (Å²) in [6, 6.07) is 16.9. The van der Waals surface area contributed by atoms with Crippen molar-refractivity contribution in [3.8, 4) is 5.69 Å². The van der Waals surface area contributed by atoms with Gasteiger partial charge in [0.25, 0.3) is 0 Å². The quantitative estimate of drug-likeness (QED) is 0.376. The number of hydrogen-bond acceptors (Lipinski definition) is 0. The van der Waals surface area contributed by atoms with E-state index in [1.54, 1.807) is 0 Å². The molecular weight excluding hydrogens is 416 g/mol. The summed E-state index contributed by atoms with van der Waals surface area (Å²) in [4.78, 5) is 0. The Morgan fingerprint density at radius 2 is 1.75 bits per heavy atom. The van der Waals surface area contributed by atoms with Crippen LogP contribution in [0.15, 0.2) is 79.2 Å². The molecule has 0 saturated carbocycles. The van der Waals surface area contributed by atoms with Crippen LogP contribution >= 0.6 is 17.0 Å². The molecule has 0 bridgehead atoms. The van der Waals surface area contributed by atoms with E-state index in [9.17, 15) is 0 Å². The number of hydrogen-bond donors (Lipinski definition) is 0. The molecule has 0 amide bonds. The SMILES string of the molecule is CC1(C)[C-]=CC=C1.[Cl][Zr+2][Cl].c1ccc2[cH-]c(-n3cccc3)cc2c1. The molecule has 4 rings (SSSR count). The molecule has 1 aromatic heterocycles. The van der Waals surface area contributed by atoms with Crippen molar-refractivity contribution in [2.45, 2.75) is 13.8 Å². The number of allylic oxidation sites excluding steroid dienone is 4. The van der Waals surface area contributed by atoms with Gasteiger partial charge in [-0.1, -0.05) is 25.3 Å². The fraction of sp³-hybridized carbons (Fsp3) is 0.150. The van der Waals surface area contributed by atoms with Crippen molar-refractivity contribution in [1.82, 2.24) is 4.57 Å². The third kappa shape index (κ3) is 5.85. The predicted octanol–water partition coefficient (Wildman–Crippen LogP) is 6.67. The van der Waals surface area contributed by atoms with Crippen LogP contribution in [0.5, 0.6) is 0 Å². The summed E-state index contributed by atoms with van der Waals surface area (Å²) in [6.45, 7) is 4.26. The van der Waals surface area contributed by atoms with Crippen molar-refractivity contribution in [3.63, 3.8) is 0 Å². The average molecular weight is 436 g/mol. The number of rotatable bonds is 1. The molecule has 0 N–H and O–H groups in total. The van der Waals surface area contributed by atoms with Crippen molar-refractivity contribution in [3.05, 3.63) is 85.2 Å². The molecular formula is C20H19Cl2NZr. The van der Waals surface area contributed by atoms with E-state index in [0.29, 0.717) is 0 Å². The molecule has 2 aromatic carbocycles. The molecule has 1 aliphatic carbocycles. The van der Waals surface area contributed by atoms with Gasteiger partial charge >= 0.3 is 37.9 Å². The van der Waals surface area contributed by atoms with Crippen LogP contribution in [-0.2, 0) is 20.8 Å². The van der Waals surface area contributed by atoms with Crippen molar-refractivity contribution in [1.29, 1.82) is 0 Å². The molecule has 0 spiro atoms. The molecule has 122 valence electrons. The minimum absolute atomic E-state index is 0.208. The van der Waals surface area contributed by atoms with Crippen molar-refractivity contribution < 1.29 is 20.8 Å². The van der Waals surface area contributed by atoms with Gasteiger partial charge in [-0.05, 0) is 17.8 Å². The molecule has 4 heteroatoms. The second-order valence-corrected chi connectivity index (χ2v) is 9.63. The summed E-state index contributed by atoms with van der Waals surface area (Å²) in [7, 11) is 9.87. The maximum atomic E-state index is 4.93. The van der Waals surface area contributed by atoms with Gasteiger partial charge in [0, 0.05) is 12.4 Å². The molecule has 3 aromatic rings. The van der Waals surface area contributed by atoms with Crippen molar-refractivity contribution in [2.75, 3.05) is 0 Å². The van der Waals surface area contributed by atoms with Crippen LogP contribution < -0.4 is 0 Å². The van der Waals surface area contributed by atoms with E-state index in [4.69, 9.17) is 17.0 Å². The molecule has 0 saturated heterocycles. The molecule has 0 unspecified atom stereocenters. The Hall–Kier alpha value is -0.947. The Labute approximate surface area is 162 Å². The molecule has 0 aliphatic heterocycles. The van der Waals surface area contributed by atoms with E-state index in [-0.39, 0.29) is 5.41 Å². The largest absolute Gasteiger partial charge is 0.342 e. The second kappa shape index (κ2) is 9.51. The van der Waals surface area contributed by atoms with E-state index < -0.39 is 20.8 Å². The maximum Gasteiger partial charge on any atom is 0.00705 e. The first-order valence-corrected chi connectivity index (χ1v) is 13.9. The summed E-state index contributed by atoms with van der Waals surface area (Å²) in [5.74, 6) is 0. The zero-order chi connectivity index (χ0) is 17.4. The minimum atomic E-state index is -0.826. The summed E-state index contributed by atoms with van der Waals surface area (Å²) < 4.78 is 2.12. The molecule has 1 heterocycles. The van der Waals surface area contributed by atoms with Gasteiger partial charge in [-0.2, -0.15) is 6.08 Å². The Morgan fingerprint density at radius 3 is 2.25 bits per heavy atom. The Kier molecular flexibility index (Phi) is 7.68. The zero-order valence-corrected chi connectivity index (χ0v) is 17.7. The number of nitrogens with zero attached hydrogens (tertiary/aromatic N) is 1. The summed E-state index contributed by atoms with van der Waals surface area (Å²) in [5, 5.41) is 2.60. The van der Waals surface area contributed by atoms with E-state index in [2.05, 4.69) is 79.4 Å². The van der Waals surface area contributed by atoms with E-state index in [0.717, 1.165) is 0 Å². The molecule has 24 heavy (non-hydrogen) atoms. The minimum Gasteiger partial charge on any atom is -0.342 e. The van der Waals surface area contributed by atoms with Crippen LogP contribution in [0, 0.1) is 11.5 Å². The van der Waals surface area contributed by atoms with Gasteiger partial charge in [0.2, 0.25) is 0 Å². The number of aromatic nitrogens is 1. The van der Waals surface area contributed by atoms with Gasteiger partial charge in [0.15, 0.2) is 0 Å². The molecule has 0 radical (unpaired) electrons. The van der Waals surface area contributed by atoms with Crippen LogP contribution in [0.3, 0.4) is 0 Å². The van der Waals surface area contributed by atoms with Crippen LogP contribution in [0.1, 0.15) is 13.8 Å². The first kappa shape index (κ1) is 19.4. The van der Waals surface area contributed by atoms with Crippen LogP contribution in [-0.4, -0.2) is 4.57 Å². The smallest absolute Gasteiger partial charge is 0.00705 e. The fourth-order valence-electron chi connectivity index (χ4n) is 2.39. The number of halogens is 2. The van der Waals surface area contributed by atoms with E-state index in [1.807, 2.05) is 24.3 Å². The monoisotopic (exact) mass is 433 g/mol. The van der Waals surface area contributed by atoms with Crippen LogP contribution in [0.2, 0.25) is 0 Å². The fourth-order valence-corrected chi connectivity index (χ4v) is 2.39. The maximum absolute atomic E-state index is 4.93. The average Bonchev–Trinajstić information content (AvgIpc) is 3.27. The second-order valence-electron chi connectivity index (χ2n) is 5.90. The van der Waals surface area contributed by atoms with Gasteiger partial charge in [0.1, 0.15) is 0 Å². The first-order valence-electron chi connectivity index (χ1n) is 7.59. The zero-order valence-electron chi connectivity index (χ0n) is 13.7. The molecule has 0 fully saturated rings. The normalized spacial score (nSPS) is 13.7. The molecule has 1 aliphatic rings. The van der Waals surface area contributed by atoms with Crippen LogP contribution in [0.4, 0.5) is 0 Å². The van der Waals surface area contributed by atoms with Gasteiger partial charge in [-0.3, -0.25) is 6.08 Å². The summed E-state index contributed by atoms with van der Waals surface area (Å²) in [5.41, 5.74) is 1.44.